The van der Waals surface area contributed by atoms with Crippen LogP contribution in [0.15, 0.2) is 0 Å². The van der Waals surface area contributed by atoms with Gasteiger partial charge in [0, 0.05) is 6.54 Å². The molecule has 2 heteroatoms. The van der Waals surface area contributed by atoms with Crippen LogP contribution in [0.1, 0.15) is 51.4 Å². The molecule has 2 saturated carbocycles. The molecule has 3 rings (SSSR count). The van der Waals surface area contributed by atoms with Gasteiger partial charge in [0.1, 0.15) is 5.72 Å². The highest BCUT2D eigenvalue weighted by Gasteiger charge is 2.43. The fourth-order valence-electron chi connectivity index (χ4n) is 3.46. The van der Waals surface area contributed by atoms with Crippen molar-refractivity contribution in [3.8, 4) is 0 Å². The third-order valence-electron chi connectivity index (χ3n) is 4.31. The Bertz CT molecular complexity index is 210. The molecular weight excluding hydrogens is 174 g/mol. The van der Waals surface area contributed by atoms with E-state index >= 15 is 0 Å². The molecule has 0 amide bonds. The van der Waals surface area contributed by atoms with Crippen LogP contribution in [0, 0.1) is 5.92 Å². The van der Waals surface area contributed by atoms with E-state index in [1.807, 2.05) is 0 Å². The van der Waals surface area contributed by atoms with Crippen molar-refractivity contribution in [2.75, 3.05) is 6.54 Å². The Balaban J connectivity index is 1.70. The van der Waals surface area contributed by atoms with Crippen molar-refractivity contribution in [2.45, 2.75) is 63.2 Å². The molecule has 2 aliphatic carbocycles. The Morgan fingerprint density at radius 2 is 1.86 bits per heavy atom. The Morgan fingerprint density at radius 1 is 1.00 bits per heavy atom. The summed E-state index contributed by atoms with van der Waals surface area (Å²) in [7, 11) is 0. The van der Waals surface area contributed by atoms with Gasteiger partial charge < -0.3 is 4.74 Å². The van der Waals surface area contributed by atoms with Gasteiger partial charge >= 0.3 is 0 Å². The second kappa shape index (κ2) is 3.49. The maximum absolute atomic E-state index is 6.33. The highest BCUT2D eigenvalue weighted by Crippen LogP contribution is 2.39. The van der Waals surface area contributed by atoms with Crippen molar-refractivity contribution in [2.24, 2.45) is 5.92 Å². The van der Waals surface area contributed by atoms with Crippen LogP contribution in [0.5, 0.6) is 0 Å². The second-order valence-corrected chi connectivity index (χ2v) is 5.28. The van der Waals surface area contributed by atoms with Crippen molar-refractivity contribution in [1.29, 1.82) is 0 Å². The molecule has 0 aromatic heterocycles. The Labute approximate surface area is 86.4 Å². The van der Waals surface area contributed by atoms with E-state index in [-0.39, 0.29) is 5.72 Å². The fraction of sp³-hybridized carbons (Fsp3) is 1.00. The predicted molar refractivity (Wildman–Crippen MR) is 56.0 cm³/mol. The first-order valence-electron chi connectivity index (χ1n) is 6.31. The molecule has 1 saturated heterocycles. The van der Waals surface area contributed by atoms with E-state index in [1.54, 1.807) is 0 Å². The summed E-state index contributed by atoms with van der Waals surface area (Å²) in [6.07, 6.45) is 11.3. The minimum absolute atomic E-state index is 0.101. The summed E-state index contributed by atoms with van der Waals surface area (Å²) in [6.45, 7) is 1.21. The van der Waals surface area contributed by atoms with Crippen molar-refractivity contribution < 1.29 is 4.74 Å². The molecule has 0 aromatic rings. The van der Waals surface area contributed by atoms with E-state index in [4.69, 9.17) is 4.74 Å². The number of fused-ring (bicyclic) bond motifs is 1. The van der Waals surface area contributed by atoms with Gasteiger partial charge in [0.2, 0.25) is 0 Å². The first kappa shape index (κ1) is 9.17. The molecule has 1 aliphatic heterocycles. The summed E-state index contributed by atoms with van der Waals surface area (Å²) < 4.78 is 6.33. The molecule has 0 aromatic carbocycles. The standard InChI is InChI=1S/C12H21NO/c1-2-7-12(8-3-1)13-9-10-5-4-6-11(10)14-12/h10-11,13H,1-9H2. The minimum Gasteiger partial charge on any atom is -0.357 e. The highest BCUT2D eigenvalue weighted by molar-refractivity contribution is 4.93. The van der Waals surface area contributed by atoms with Gasteiger partial charge in [-0.3, -0.25) is 5.32 Å². The van der Waals surface area contributed by atoms with E-state index in [2.05, 4.69) is 5.32 Å². The monoisotopic (exact) mass is 195 g/mol. The molecule has 1 spiro atoms. The lowest BCUT2D eigenvalue weighted by Crippen LogP contribution is -2.58. The smallest absolute Gasteiger partial charge is 0.119 e. The number of ether oxygens (including phenoxy) is 1. The predicted octanol–water partition coefficient (Wildman–Crippen LogP) is 2.44. The molecule has 0 bridgehead atoms. The molecule has 2 unspecified atom stereocenters. The summed E-state index contributed by atoms with van der Waals surface area (Å²) in [5, 5.41) is 3.68. The van der Waals surface area contributed by atoms with Crippen LogP contribution in [0.4, 0.5) is 0 Å². The first-order valence-corrected chi connectivity index (χ1v) is 6.31. The molecule has 3 aliphatic rings. The quantitative estimate of drug-likeness (QED) is 0.641. The van der Waals surface area contributed by atoms with E-state index in [9.17, 15) is 0 Å². The van der Waals surface area contributed by atoms with E-state index in [0.717, 1.165) is 5.92 Å². The Hall–Kier alpha value is -0.0800. The van der Waals surface area contributed by atoms with Gasteiger partial charge in [-0.05, 0) is 44.4 Å². The molecule has 1 N–H and O–H groups in total. The molecule has 2 nitrogen and oxygen atoms in total. The number of rotatable bonds is 0. The molecule has 2 atom stereocenters. The van der Waals surface area contributed by atoms with Crippen LogP contribution >= 0.6 is 0 Å². The summed E-state index contributed by atoms with van der Waals surface area (Å²) >= 11 is 0. The average molecular weight is 195 g/mol. The average Bonchev–Trinajstić information content (AvgIpc) is 2.66. The second-order valence-electron chi connectivity index (χ2n) is 5.28. The summed E-state index contributed by atoms with van der Waals surface area (Å²) in [5.74, 6) is 0.822. The lowest BCUT2D eigenvalue weighted by atomic mass is 9.88. The highest BCUT2D eigenvalue weighted by atomic mass is 16.5. The molecular formula is C12H21NO. The lowest BCUT2D eigenvalue weighted by molar-refractivity contribution is -0.172. The van der Waals surface area contributed by atoms with Gasteiger partial charge in [-0.15, -0.1) is 0 Å². The normalized spacial score (nSPS) is 41.1. The van der Waals surface area contributed by atoms with Gasteiger partial charge in [-0.1, -0.05) is 12.8 Å². The van der Waals surface area contributed by atoms with Crippen LogP contribution in [0.2, 0.25) is 0 Å². The topological polar surface area (TPSA) is 21.3 Å². The minimum atomic E-state index is 0.101. The van der Waals surface area contributed by atoms with Gasteiger partial charge in [0.25, 0.3) is 0 Å². The molecule has 80 valence electrons. The van der Waals surface area contributed by atoms with E-state index in [0.29, 0.717) is 6.10 Å². The zero-order valence-electron chi connectivity index (χ0n) is 8.93. The van der Waals surface area contributed by atoms with Crippen LogP contribution in [-0.4, -0.2) is 18.4 Å². The van der Waals surface area contributed by atoms with Crippen molar-refractivity contribution >= 4 is 0 Å². The number of hydrogen-bond donors (Lipinski definition) is 1. The van der Waals surface area contributed by atoms with Crippen LogP contribution < -0.4 is 5.32 Å². The summed E-state index contributed by atoms with van der Waals surface area (Å²) in [5.41, 5.74) is 0.101. The van der Waals surface area contributed by atoms with Crippen molar-refractivity contribution in [3.05, 3.63) is 0 Å². The molecule has 1 heterocycles. The van der Waals surface area contributed by atoms with Crippen LogP contribution in [0.25, 0.3) is 0 Å². The first-order chi connectivity index (χ1) is 6.88. The largest absolute Gasteiger partial charge is 0.357 e. The van der Waals surface area contributed by atoms with Gasteiger partial charge in [0.05, 0.1) is 6.10 Å². The third-order valence-corrected chi connectivity index (χ3v) is 4.31. The lowest BCUT2D eigenvalue weighted by Gasteiger charge is -2.46. The fourth-order valence-corrected chi connectivity index (χ4v) is 3.46. The summed E-state index contributed by atoms with van der Waals surface area (Å²) in [6, 6.07) is 0. The Morgan fingerprint density at radius 3 is 2.71 bits per heavy atom. The summed E-state index contributed by atoms with van der Waals surface area (Å²) in [4.78, 5) is 0. The molecule has 0 radical (unpaired) electrons. The van der Waals surface area contributed by atoms with Gasteiger partial charge in [-0.25, -0.2) is 0 Å². The zero-order valence-corrected chi connectivity index (χ0v) is 8.93. The number of hydrogen-bond acceptors (Lipinski definition) is 2. The Kier molecular flexibility index (Phi) is 2.29. The zero-order chi connectivity index (χ0) is 9.43. The molecule has 14 heavy (non-hydrogen) atoms. The third kappa shape index (κ3) is 1.49. The maximum Gasteiger partial charge on any atom is 0.119 e. The molecule has 3 fully saturated rings. The SMILES string of the molecule is C1CCC2(CC1)NCC1CCCC1O2. The van der Waals surface area contributed by atoms with E-state index in [1.165, 1.54) is 57.9 Å². The van der Waals surface area contributed by atoms with Gasteiger partial charge in [-0.2, -0.15) is 0 Å². The van der Waals surface area contributed by atoms with Crippen molar-refractivity contribution in [3.63, 3.8) is 0 Å². The number of nitrogens with one attached hydrogen (secondary N) is 1. The van der Waals surface area contributed by atoms with E-state index < -0.39 is 0 Å². The van der Waals surface area contributed by atoms with Crippen LogP contribution in [0.3, 0.4) is 0 Å². The van der Waals surface area contributed by atoms with Gasteiger partial charge in [0.15, 0.2) is 0 Å². The van der Waals surface area contributed by atoms with Crippen molar-refractivity contribution in [1.82, 2.24) is 5.32 Å². The maximum atomic E-state index is 6.33. The van der Waals surface area contributed by atoms with Crippen LogP contribution in [-0.2, 0) is 4.74 Å².